The van der Waals surface area contributed by atoms with Gasteiger partial charge in [-0.05, 0) is 30.9 Å². The van der Waals surface area contributed by atoms with E-state index in [-0.39, 0.29) is 43.4 Å². The van der Waals surface area contributed by atoms with Gasteiger partial charge in [0.1, 0.15) is 18.6 Å². The van der Waals surface area contributed by atoms with Crippen molar-refractivity contribution in [1.82, 2.24) is 16.0 Å². The third-order valence-corrected chi connectivity index (χ3v) is 7.19. The summed E-state index contributed by atoms with van der Waals surface area (Å²) in [4.78, 5) is 74.8. The van der Waals surface area contributed by atoms with Crippen LogP contribution < -0.4 is 16.0 Å². The number of rotatable bonds is 16. The molecule has 44 heavy (non-hydrogen) atoms. The van der Waals surface area contributed by atoms with Gasteiger partial charge in [-0.25, -0.2) is 0 Å². The molecule has 3 rings (SSSR count). The molecule has 2 atom stereocenters. The first-order valence-corrected chi connectivity index (χ1v) is 14.6. The lowest BCUT2D eigenvalue weighted by atomic mass is 9.84. The van der Waals surface area contributed by atoms with Gasteiger partial charge < -0.3 is 25.4 Å². The van der Waals surface area contributed by atoms with Crippen molar-refractivity contribution >= 4 is 35.2 Å². The molecule has 0 aliphatic heterocycles. The lowest BCUT2D eigenvalue weighted by Gasteiger charge is -2.28. The van der Waals surface area contributed by atoms with Gasteiger partial charge in [0.05, 0.1) is 24.7 Å². The Morgan fingerprint density at radius 3 is 2.36 bits per heavy atom. The van der Waals surface area contributed by atoms with Crippen LogP contribution in [0.1, 0.15) is 61.4 Å². The zero-order valence-electron chi connectivity index (χ0n) is 24.6. The van der Waals surface area contributed by atoms with Gasteiger partial charge in [-0.2, -0.15) is 0 Å². The maximum atomic E-state index is 13.6. The van der Waals surface area contributed by atoms with Gasteiger partial charge in [0.15, 0.2) is 0 Å². The largest absolute Gasteiger partial charge is 0.465 e. The Balaban J connectivity index is 1.77. The van der Waals surface area contributed by atoms with Crippen LogP contribution in [-0.2, 0) is 35.3 Å². The monoisotopic (exact) mass is 610 g/mol. The van der Waals surface area contributed by atoms with E-state index in [1.807, 2.05) is 30.3 Å². The van der Waals surface area contributed by atoms with Crippen LogP contribution in [-0.4, -0.2) is 66.2 Å². The van der Waals surface area contributed by atoms with Gasteiger partial charge >= 0.3 is 5.97 Å². The third-order valence-electron chi connectivity index (χ3n) is 7.19. The van der Waals surface area contributed by atoms with Gasteiger partial charge in [0.2, 0.25) is 11.7 Å². The summed E-state index contributed by atoms with van der Waals surface area (Å²) in [5, 5.41) is 18.6. The summed E-state index contributed by atoms with van der Waals surface area (Å²) in [6.07, 6.45) is 5.02. The Labute approximate surface area is 255 Å². The molecule has 1 fully saturated rings. The minimum Gasteiger partial charge on any atom is -0.465 e. The molecule has 13 nitrogen and oxygen atoms in total. The van der Waals surface area contributed by atoms with Crippen LogP contribution in [0.5, 0.6) is 0 Å². The van der Waals surface area contributed by atoms with Gasteiger partial charge in [-0.1, -0.05) is 68.5 Å². The molecule has 0 heterocycles. The van der Waals surface area contributed by atoms with Gasteiger partial charge in [0.25, 0.3) is 17.5 Å². The molecule has 0 spiro atoms. The van der Waals surface area contributed by atoms with E-state index < -0.39 is 53.0 Å². The highest BCUT2D eigenvalue weighted by atomic mass is 16.6. The lowest BCUT2D eigenvalue weighted by Crippen LogP contribution is -2.56. The fraction of sp³-hybridized carbons (Fsp3) is 0.452. The van der Waals surface area contributed by atoms with E-state index in [4.69, 9.17) is 9.47 Å². The number of nitro groups is 1. The summed E-state index contributed by atoms with van der Waals surface area (Å²) in [5.41, 5.74) is 0.523. The Hall–Kier alpha value is -4.65. The molecule has 1 aliphatic rings. The Bertz CT molecular complexity index is 1310. The van der Waals surface area contributed by atoms with E-state index in [2.05, 4.69) is 16.0 Å². The molecule has 2 aromatic carbocycles. The highest BCUT2D eigenvalue weighted by Gasteiger charge is 2.32. The van der Waals surface area contributed by atoms with Crippen molar-refractivity contribution in [1.29, 1.82) is 0 Å². The zero-order valence-corrected chi connectivity index (χ0v) is 24.6. The summed E-state index contributed by atoms with van der Waals surface area (Å²) in [7, 11) is 0. The molecule has 0 saturated heterocycles. The SMILES string of the molecule is CCOC(=O)CNC(=O)C(=O)C(COCc1ccccc1)NC(=O)C(CC1CCCCC1)NC(=O)c1cccc([N+](=O)[O-])c1. The fourth-order valence-corrected chi connectivity index (χ4v) is 4.92. The van der Waals surface area contributed by atoms with Gasteiger partial charge in [0, 0.05) is 17.7 Å². The number of esters is 1. The zero-order chi connectivity index (χ0) is 31.9. The molecular formula is C31H38N4O9. The van der Waals surface area contributed by atoms with E-state index >= 15 is 0 Å². The van der Waals surface area contributed by atoms with E-state index in [1.165, 1.54) is 18.2 Å². The number of hydrogen-bond donors (Lipinski definition) is 3. The number of ketones is 1. The van der Waals surface area contributed by atoms with Crippen LogP contribution in [0, 0.1) is 16.0 Å². The van der Waals surface area contributed by atoms with E-state index in [9.17, 15) is 34.1 Å². The fourth-order valence-electron chi connectivity index (χ4n) is 4.92. The molecule has 3 amide bonds. The number of amides is 3. The first-order valence-electron chi connectivity index (χ1n) is 14.6. The predicted molar refractivity (Wildman–Crippen MR) is 158 cm³/mol. The second kappa shape index (κ2) is 17.5. The molecule has 236 valence electrons. The number of non-ortho nitro benzene ring substituents is 1. The number of nitrogens with one attached hydrogen (secondary N) is 3. The second-order valence-electron chi connectivity index (χ2n) is 10.5. The average molecular weight is 611 g/mol. The van der Waals surface area contributed by atoms with Crippen molar-refractivity contribution in [3.8, 4) is 0 Å². The highest BCUT2D eigenvalue weighted by molar-refractivity contribution is 6.38. The van der Waals surface area contributed by atoms with Crippen LogP contribution in [0.3, 0.4) is 0 Å². The van der Waals surface area contributed by atoms with Crippen LogP contribution in [0.25, 0.3) is 0 Å². The second-order valence-corrected chi connectivity index (χ2v) is 10.5. The molecule has 0 radical (unpaired) electrons. The minimum atomic E-state index is -1.43. The smallest absolute Gasteiger partial charge is 0.325 e. The number of carbonyl (C=O) groups is 5. The van der Waals surface area contributed by atoms with Crippen molar-refractivity contribution in [2.45, 2.75) is 64.1 Å². The number of nitro benzene ring substituents is 1. The lowest BCUT2D eigenvalue weighted by molar-refractivity contribution is -0.384. The summed E-state index contributed by atoms with van der Waals surface area (Å²) in [6, 6.07) is 11.7. The summed E-state index contributed by atoms with van der Waals surface area (Å²) in [5.74, 6) is -4.17. The number of Topliss-reactive ketones (excluding diaryl/α,β-unsaturated/α-hetero) is 1. The maximum absolute atomic E-state index is 13.6. The maximum Gasteiger partial charge on any atom is 0.325 e. The van der Waals surface area contributed by atoms with E-state index in [0.717, 1.165) is 43.7 Å². The Kier molecular flexibility index (Phi) is 13.4. The van der Waals surface area contributed by atoms with Crippen molar-refractivity contribution < 1.29 is 38.4 Å². The predicted octanol–water partition coefficient (Wildman–Crippen LogP) is 2.61. The quantitative estimate of drug-likeness (QED) is 0.111. The first-order chi connectivity index (χ1) is 21.2. The third kappa shape index (κ3) is 10.9. The number of ether oxygens (including phenoxy) is 2. The molecule has 0 aromatic heterocycles. The average Bonchev–Trinajstić information content (AvgIpc) is 3.03. The Morgan fingerprint density at radius 2 is 1.68 bits per heavy atom. The van der Waals surface area contributed by atoms with Crippen molar-refractivity contribution in [2.24, 2.45) is 5.92 Å². The normalized spacial score (nSPS) is 14.5. The molecular weight excluding hydrogens is 572 g/mol. The number of hydrogen-bond acceptors (Lipinski definition) is 9. The molecule has 0 bridgehead atoms. The molecule has 13 heteroatoms. The van der Waals surface area contributed by atoms with Gasteiger partial charge in [-0.3, -0.25) is 34.1 Å². The molecule has 2 aromatic rings. The summed E-state index contributed by atoms with van der Waals surface area (Å²) >= 11 is 0. The van der Waals surface area contributed by atoms with Crippen LogP contribution in [0.4, 0.5) is 5.69 Å². The van der Waals surface area contributed by atoms with Crippen molar-refractivity contribution in [3.05, 3.63) is 75.8 Å². The number of nitrogens with zero attached hydrogens (tertiary/aromatic N) is 1. The summed E-state index contributed by atoms with van der Waals surface area (Å²) < 4.78 is 10.4. The molecule has 1 aliphatic carbocycles. The standard InChI is InChI=1S/C31H38N4O9/c1-2-44-27(36)18-32-31(40)28(37)26(20-43-19-22-12-7-4-8-13-22)34-30(39)25(16-21-10-5-3-6-11-21)33-29(38)23-14-9-15-24(17-23)35(41)42/h4,7-9,12-15,17,21,25-26H,2-3,5-6,10-11,16,18-20H2,1H3,(H,32,40)(H,33,38)(H,34,39). The van der Waals surface area contributed by atoms with Gasteiger partial charge in [-0.15, -0.1) is 0 Å². The van der Waals surface area contributed by atoms with Crippen molar-refractivity contribution in [2.75, 3.05) is 19.8 Å². The number of benzene rings is 2. The van der Waals surface area contributed by atoms with E-state index in [1.54, 1.807) is 6.92 Å². The van der Waals surface area contributed by atoms with Crippen LogP contribution >= 0.6 is 0 Å². The first kappa shape index (κ1) is 33.8. The van der Waals surface area contributed by atoms with Crippen molar-refractivity contribution in [3.63, 3.8) is 0 Å². The Morgan fingerprint density at radius 1 is 0.955 bits per heavy atom. The minimum absolute atomic E-state index is 0.00203. The summed E-state index contributed by atoms with van der Waals surface area (Å²) in [6.45, 7) is 0.899. The van der Waals surface area contributed by atoms with E-state index in [0.29, 0.717) is 0 Å². The molecule has 1 saturated carbocycles. The molecule has 3 N–H and O–H groups in total. The molecule has 2 unspecified atom stereocenters. The van der Waals surface area contributed by atoms with Crippen LogP contribution in [0.2, 0.25) is 0 Å². The topological polar surface area (TPSA) is 183 Å². The van der Waals surface area contributed by atoms with Crippen LogP contribution in [0.15, 0.2) is 54.6 Å². The highest BCUT2D eigenvalue weighted by Crippen LogP contribution is 2.27. The number of carbonyl (C=O) groups excluding carboxylic acids is 5.